The van der Waals surface area contributed by atoms with Crippen molar-refractivity contribution in [2.45, 2.75) is 23.6 Å². The molecular formula is C13H16N2O4S2. The summed E-state index contributed by atoms with van der Waals surface area (Å²) in [5.41, 5.74) is 0.00258. The summed E-state index contributed by atoms with van der Waals surface area (Å²) in [7, 11) is 0. The molecule has 21 heavy (non-hydrogen) atoms. The van der Waals surface area contributed by atoms with E-state index in [9.17, 15) is 14.4 Å². The molecule has 2 aliphatic rings. The Balaban J connectivity index is 1.98. The first-order valence-electron chi connectivity index (χ1n) is 6.37. The van der Waals surface area contributed by atoms with Gasteiger partial charge in [-0.3, -0.25) is 14.5 Å². The Kier molecular flexibility index (Phi) is 5.00. The van der Waals surface area contributed by atoms with Crippen molar-refractivity contribution in [3.63, 3.8) is 0 Å². The van der Waals surface area contributed by atoms with Gasteiger partial charge in [-0.1, -0.05) is 6.08 Å². The molecule has 2 amide bonds. The predicted octanol–water partition coefficient (Wildman–Crippen LogP) is 0.662. The molecule has 0 aromatic carbocycles. The number of carbonyl (C=O) groups excluding carboxylic acids is 2. The number of fused-ring (bicyclic) bond motifs is 1. The van der Waals surface area contributed by atoms with Crippen LogP contribution >= 0.6 is 23.5 Å². The van der Waals surface area contributed by atoms with E-state index in [4.69, 9.17) is 5.11 Å². The molecular weight excluding hydrogens is 312 g/mol. The predicted molar refractivity (Wildman–Crippen MR) is 82.9 cm³/mol. The maximum Gasteiger partial charge on any atom is 0.352 e. The van der Waals surface area contributed by atoms with Crippen LogP contribution in [0.25, 0.3) is 0 Å². The number of carboxylic acids is 1. The van der Waals surface area contributed by atoms with E-state index in [0.717, 1.165) is 0 Å². The SMILES string of the molecule is C=CCSCC(=O)NC1C(=O)N2C(C(=O)O)=CC(C)S[C@@H]12. The van der Waals surface area contributed by atoms with Gasteiger partial charge in [0.2, 0.25) is 5.91 Å². The molecule has 0 spiro atoms. The lowest BCUT2D eigenvalue weighted by atomic mass is 10.0. The van der Waals surface area contributed by atoms with Crippen molar-refractivity contribution in [2.75, 3.05) is 11.5 Å². The molecule has 0 bridgehead atoms. The quantitative estimate of drug-likeness (QED) is 0.423. The van der Waals surface area contributed by atoms with Crippen LogP contribution in [0.15, 0.2) is 24.4 Å². The number of carboxylic acid groups (broad SMARTS) is 1. The second-order valence-electron chi connectivity index (χ2n) is 4.65. The zero-order valence-corrected chi connectivity index (χ0v) is 13.1. The molecule has 0 radical (unpaired) electrons. The molecule has 2 heterocycles. The zero-order chi connectivity index (χ0) is 15.6. The Bertz CT molecular complexity index is 520. The second kappa shape index (κ2) is 6.57. The first-order chi connectivity index (χ1) is 9.95. The van der Waals surface area contributed by atoms with Gasteiger partial charge in [0.15, 0.2) is 0 Å². The summed E-state index contributed by atoms with van der Waals surface area (Å²) in [6.07, 6.45) is 3.26. The van der Waals surface area contributed by atoms with E-state index in [2.05, 4.69) is 11.9 Å². The summed E-state index contributed by atoms with van der Waals surface area (Å²) in [6.45, 7) is 5.43. The summed E-state index contributed by atoms with van der Waals surface area (Å²) in [6, 6.07) is -0.641. The van der Waals surface area contributed by atoms with Crippen LogP contribution in [0.5, 0.6) is 0 Å². The number of hydrogen-bond acceptors (Lipinski definition) is 5. The van der Waals surface area contributed by atoms with Crippen molar-refractivity contribution in [1.82, 2.24) is 10.2 Å². The van der Waals surface area contributed by atoms with E-state index in [1.54, 1.807) is 12.2 Å². The van der Waals surface area contributed by atoms with E-state index in [0.29, 0.717) is 5.75 Å². The maximum absolute atomic E-state index is 12.1. The largest absolute Gasteiger partial charge is 0.477 e. The number of hydrogen-bond donors (Lipinski definition) is 2. The number of rotatable bonds is 6. The smallest absolute Gasteiger partial charge is 0.352 e. The van der Waals surface area contributed by atoms with Gasteiger partial charge in [0.1, 0.15) is 17.1 Å². The average Bonchev–Trinajstić information content (AvgIpc) is 2.44. The number of nitrogens with zero attached hydrogens (tertiary/aromatic N) is 1. The lowest BCUT2D eigenvalue weighted by Gasteiger charge is -2.49. The fourth-order valence-corrected chi connectivity index (χ4v) is 4.06. The van der Waals surface area contributed by atoms with Crippen LogP contribution in [-0.2, 0) is 14.4 Å². The van der Waals surface area contributed by atoms with Gasteiger partial charge < -0.3 is 10.4 Å². The molecule has 2 rings (SSSR count). The van der Waals surface area contributed by atoms with Gasteiger partial charge >= 0.3 is 5.97 Å². The minimum atomic E-state index is -1.12. The summed E-state index contributed by atoms with van der Waals surface area (Å²) in [5, 5.41) is 11.5. The van der Waals surface area contributed by atoms with Gasteiger partial charge in [0.05, 0.1) is 5.75 Å². The van der Waals surface area contributed by atoms with Crippen molar-refractivity contribution in [3.8, 4) is 0 Å². The molecule has 1 fully saturated rings. The van der Waals surface area contributed by atoms with Gasteiger partial charge in [0.25, 0.3) is 5.91 Å². The zero-order valence-electron chi connectivity index (χ0n) is 11.4. The van der Waals surface area contributed by atoms with E-state index in [-0.39, 0.29) is 33.9 Å². The minimum absolute atomic E-state index is 0.00258. The van der Waals surface area contributed by atoms with Crippen LogP contribution in [0.4, 0.5) is 0 Å². The van der Waals surface area contributed by atoms with Gasteiger partial charge in [-0.15, -0.1) is 30.1 Å². The van der Waals surface area contributed by atoms with E-state index >= 15 is 0 Å². The minimum Gasteiger partial charge on any atom is -0.477 e. The molecule has 8 heteroatoms. The third-order valence-corrected chi connectivity index (χ3v) is 5.32. The van der Waals surface area contributed by atoms with Gasteiger partial charge in [-0.2, -0.15) is 0 Å². The lowest BCUT2D eigenvalue weighted by molar-refractivity contribution is -0.150. The summed E-state index contributed by atoms with van der Waals surface area (Å²) >= 11 is 2.87. The fraction of sp³-hybridized carbons (Fsp3) is 0.462. The number of nitrogens with one attached hydrogen (secondary N) is 1. The average molecular weight is 328 g/mol. The van der Waals surface area contributed by atoms with Crippen molar-refractivity contribution < 1.29 is 19.5 Å². The molecule has 2 N–H and O–H groups in total. The third-order valence-electron chi connectivity index (χ3n) is 3.05. The number of aliphatic carboxylic acids is 1. The van der Waals surface area contributed by atoms with Gasteiger partial charge in [0, 0.05) is 11.0 Å². The fourth-order valence-electron chi connectivity index (χ4n) is 2.18. The topological polar surface area (TPSA) is 86.7 Å². The highest BCUT2D eigenvalue weighted by Gasteiger charge is 2.53. The summed E-state index contributed by atoms with van der Waals surface area (Å²) < 4.78 is 0. The van der Waals surface area contributed by atoms with Crippen LogP contribution in [0.3, 0.4) is 0 Å². The van der Waals surface area contributed by atoms with Crippen molar-refractivity contribution in [3.05, 3.63) is 24.4 Å². The highest BCUT2D eigenvalue weighted by Crippen LogP contribution is 2.40. The molecule has 0 aliphatic carbocycles. The van der Waals surface area contributed by atoms with Crippen molar-refractivity contribution in [2.24, 2.45) is 0 Å². The third kappa shape index (κ3) is 3.26. The highest BCUT2D eigenvalue weighted by molar-refractivity contribution is 8.00. The van der Waals surface area contributed by atoms with Crippen LogP contribution in [0.1, 0.15) is 6.92 Å². The van der Waals surface area contributed by atoms with Crippen LogP contribution in [-0.4, -0.2) is 56.0 Å². The first kappa shape index (κ1) is 16.0. The van der Waals surface area contributed by atoms with Crippen LogP contribution in [0, 0.1) is 0 Å². The van der Waals surface area contributed by atoms with E-state index < -0.39 is 12.0 Å². The van der Waals surface area contributed by atoms with Gasteiger partial charge in [-0.05, 0) is 13.0 Å². The number of carbonyl (C=O) groups is 3. The Morgan fingerprint density at radius 3 is 2.95 bits per heavy atom. The number of β-lactam (4-membered cyclic amide) rings is 1. The van der Waals surface area contributed by atoms with Crippen LogP contribution < -0.4 is 5.32 Å². The van der Waals surface area contributed by atoms with Crippen molar-refractivity contribution >= 4 is 41.3 Å². The van der Waals surface area contributed by atoms with Crippen molar-refractivity contribution in [1.29, 1.82) is 0 Å². The Morgan fingerprint density at radius 1 is 1.62 bits per heavy atom. The molecule has 2 aliphatic heterocycles. The molecule has 1 saturated heterocycles. The van der Waals surface area contributed by atoms with E-state index in [1.165, 1.54) is 28.4 Å². The maximum atomic E-state index is 12.1. The van der Waals surface area contributed by atoms with E-state index in [1.807, 2.05) is 6.92 Å². The molecule has 3 atom stereocenters. The molecule has 2 unspecified atom stereocenters. The molecule has 0 saturated carbocycles. The molecule has 0 aromatic heterocycles. The number of amides is 2. The summed E-state index contributed by atoms with van der Waals surface area (Å²) in [4.78, 5) is 36.2. The second-order valence-corrected chi connectivity index (χ2v) is 7.18. The standard InChI is InChI=1S/C13H16N2O4S2/c1-3-4-20-6-9(16)14-10-11(17)15-8(13(18)19)5-7(2)21-12(10)15/h3,5,7,10,12H,1,4,6H2,2H3,(H,14,16)(H,18,19)/t7?,10?,12-/m0/s1. The summed E-state index contributed by atoms with van der Waals surface area (Å²) in [5.74, 6) is -0.787. The normalized spacial score (nSPS) is 27.3. The Hall–Kier alpha value is -1.41. The highest BCUT2D eigenvalue weighted by atomic mass is 32.2. The monoisotopic (exact) mass is 328 g/mol. The Morgan fingerprint density at radius 2 is 2.33 bits per heavy atom. The molecule has 114 valence electrons. The Labute approximate surface area is 131 Å². The molecule has 0 aromatic rings. The number of thioether (sulfide) groups is 2. The molecule has 6 nitrogen and oxygen atoms in total. The lowest BCUT2D eigenvalue weighted by Crippen LogP contribution is -2.70. The first-order valence-corrected chi connectivity index (χ1v) is 8.47. The van der Waals surface area contributed by atoms with Gasteiger partial charge in [-0.25, -0.2) is 4.79 Å². The van der Waals surface area contributed by atoms with Crippen LogP contribution in [0.2, 0.25) is 0 Å².